The highest BCUT2D eigenvalue weighted by Crippen LogP contribution is 2.11. The van der Waals surface area contributed by atoms with Gasteiger partial charge >= 0.3 is 0 Å². The van der Waals surface area contributed by atoms with Gasteiger partial charge in [-0.15, -0.1) is 0 Å². The van der Waals surface area contributed by atoms with E-state index >= 15 is 0 Å². The van der Waals surface area contributed by atoms with Crippen molar-refractivity contribution in [1.29, 1.82) is 0 Å². The summed E-state index contributed by atoms with van der Waals surface area (Å²) in [4.78, 5) is 7.35. The van der Waals surface area contributed by atoms with Crippen LogP contribution in [0.3, 0.4) is 0 Å². The molecule has 1 fully saturated rings. The predicted octanol–water partition coefficient (Wildman–Crippen LogP) is 2.42. The largest absolute Gasteiger partial charge is 0.350 e. The molecule has 1 aromatic rings. The molecule has 0 N–H and O–H groups in total. The van der Waals surface area contributed by atoms with Crippen LogP contribution in [-0.2, 0) is 9.47 Å². The quantitative estimate of drug-likeness (QED) is 0.737. The third kappa shape index (κ3) is 6.48. The molecule has 2 rings (SSSR count). The summed E-state index contributed by atoms with van der Waals surface area (Å²) in [7, 11) is 0. The molecule has 1 aromatic heterocycles. The van der Waals surface area contributed by atoms with Gasteiger partial charge in [-0.1, -0.05) is 19.8 Å². The highest BCUT2D eigenvalue weighted by atomic mass is 16.7. The fraction of sp³-hybridized carbons (Fsp3) is 0.667. The van der Waals surface area contributed by atoms with Gasteiger partial charge in [0.15, 0.2) is 6.29 Å². The molecule has 16 heavy (non-hydrogen) atoms. The lowest BCUT2D eigenvalue weighted by Gasteiger charge is -2.06. The second-order valence-corrected chi connectivity index (χ2v) is 3.57. The molecular weight excluding hydrogens is 204 g/mol. The van der Waals surface area contributed by atoms with Crippen LogP contribution in [0.1, 0.15) is 32.6 Å². The van der Waals surface area contributed by atoms with E-state index in [9.17, 15) is 0 Å². The molecule has 1 aliphatic rings. The Morgan fingerprint density at radius 3 is 2.25 bits per heavy atom. The minimum Gasteiger partial charge on any atom is -0.350 e. The van der Waals surface area contributed by atoms with E-state index in [2.05, 4.69) is 16.9 Å². The summed E-state index contributed by atoms with van der Waals surface area (Å²) in [6.45, 7) is 3.78. The maximum absolute atomic E-state index is 5.28. The molecule has 1 aliphatic heterocycles. The van der Waals surface area contributed by atoms with Crippen LogP contribution in [0.2, 0.25) is 0 Å². The molecule has 0 atom stereocenters. The fourth-order valence-corrected chi connectivity index (χ4v) is 1.39. The number of aromatic nitrogens is 2. The molecule has 0 amide bonds. The molecule has 0 spiro atoms. The van der Waals surface area contributed by atoms with Gasteiger partial charge in [0.05, 0.1) is 13.2 Å². The topological polar surface area (TPSA) is 44.2 Å². The van der Waals surface area contributed by atoms with E-state index in [-0.39, 0.29) is 6.29 Å². The minimum absolute atomic E-state index is 0.117. The van der Waals surface area contributed by atoms with Crippen LogP contribution in [0, 0.1) is 0 Å². The zero-order chi connectivity index (χ0) is 11.5. The predicted molar refractivity (Wildman–Crippen MR) is 61.9 cm³/mol. The molecule has 1 saturated heterocycles. The van der Waals surface area contributed by atoms with Gasteiger partial charge in [-0.05, 0) is 18.9 Å². The van der Waals surface area contributed by atoms with Gasteiger partial charge in [-0.25, -0.2) is 9.97 Å². The van der Waals surface area contributed by atoms with E-state index in [1.165, 1.54) is 25.6 Å². The molecule has 0 aliphatic carbocycles. The van der Waals surface area contributed by atoms with Crippen molar-refractivity contribution in [3.05, 3.63) is 24.8 Å². The molecule has 0 aromatic carbocycles. The summed E-state index contributed by atoms with van der Waals surface area (Å²) in [6.07, 6.45) is 9.87. The normalized spacial score (nSPS) is 15.6. The Labute approximate surface area is 97.0 Å². The van der Waals surface area contributed by atoms with Crippen LogP contribution in [0.15, 0.2) is 24.8 Å². The van der Waals surface area contributed by atoms with Gasteiger partial charge in [-0.2, -0.15) is 0 Å². The number of unbranched alkanes of at least 4 members (excludes halogenated alkanes) is 2. The van der Waals surface area contributed by atoms with Crippen molar-refractivity contribution in [2.24, 2.45) is 0 Å². The molecule has 0 bridgehead atoms. The van der Waals surface area contributed by atoms with Gasteiger partial charge in [0.2, 0.25) is 0 Å². The molecule has 0 unspecified atom stereocenters. The van der Waals surface area contributed by atoms with Crippen molar-refractivity contribution in [3.63, 3.8) is 0 Å². The third-order valence-corrected chi connectivity index (χ3v) is 2.21. The number of hydrogen-bond donors (Lipinski definition) is 0. The highest BCUT2D eigenvalue weighted by molar-refractivity contribution is 4.74. The molecule has 4 nitrogen and oxygen atoms in total. The van der Waals surface area contributed by atoms with E-state index in [1.54, 1.807) is 18.5 Å². The third-order valence-electron chi connectivity index (χ3n) is 2.21. The lowest BCUT2D eigenvalue weighted by Crippen LogP contribution is -2.06. The maximum Gasteiger partial charge on any atom is 0.157 e. The minimum atomic E-state index is 0.117. The van der Waals surface area contributed by atoms with Gasteiger partial charge in [0.1, 0.15) is 6.33 Å². The first kappa shape index (κ1) is 13.1. The molecule has 0 radical (unpaired) electrons. The first-order chi connectivity index (χ1) is 7.93. The van der Waals surface area contributed by atoms with Gasteiger partial charge in [0, 0.05) is 12.4 Å². The van der Waals surface area contributed by atoms with Crippen molar-refractivity contribution < 1.29 is 9.47 Å². The van der Waals surface area contributed by atoms with E-state index in [0.717, 1.165) is 19.6 Å². The van der Waals surface area contributed by atoms with Gasteiger partial charge in [-0.3, -0.25) is 0 Å². The van der Waals surface area contributed by atoms with E-state index in [4.69, 9.17) is 9.47 Å². The molecule has 0 saturated carbocycles. The second kappa shape index (κ2) is 9.24. The Hall–Kier alpha value is -1.00. The lowest BCUT2D eigenvalue weighted by molar-refractivity contribution is -0.0479. The number of hydrogen-bond acceptors (Lipinski definition) is 4. The Balaban J connectivity index is 0.000000181. The van der Waals surface area contributed by atoms with Gasteiger partial charge in [0.25, 0.3) is 0 Å². The zero-order valence-electron chi connectivity index (χ0n) is 9.84. The highest BCUT2D eigenvalue weighted by Gasteiger charge is 2.14. The number of nitrogens with zero attached hydrogens (tertiary/aromatic N) is 2. The first-order valence-electron chi connectivity index (χ1n) is 5.86. The molecular formula is C12H20N2O2. The van der Waals surface area contributed by atoms with Crippen LogP contribution in [0.25, 0.3) is 0 Å². The second-order valence-electron chi connectivity index (χ2n) is 3.57. The van der Waals surface area contributed by atoms with Crippen LogP contribution in [0.5, 0.6) is 0 Å². The van der Waals surface area contributed by atoms with Crippen LogP contribution >= 0.6 is 0 Å². The average molecular weight is 224 g/mol. The summed E-state index contributed by atoms with van der Waals surface area (Å²) in [5, 5.41) is 0. The average Bonchev–Trinajstić information content (AvgIpc) is 2.86. The van der Waals surface area contributed by atoms with Crippen LogP contribution < -0.4 is 0 Å². The first-order valence-corrected chi connectivity index (χ1v) is 5.86. The van der Waals surface area contributed by atoms with E-state index in [0.29, 0.717) is 0 Å². The van der Waals surface area contributed by atoms with E-state index < -0.39 is 0 Å². The van der Waals surface area contributed by atoms with Gasteiger partial charge < -0.3 is 9.47 Å². The monoisotopic (exact) mass is 224 g/mol. The van der Waals surface area contributed by atoms with Crippen LogP contribution in [0.4, 0.5) is 0 Å². The molecule has 4 heteroatoms. The lowest BCUT2D eigenvalue weighted by atomic mass is 10.2. The fourth-order valence-electron chi connectivity index (χ4n) is 1.39. The van der Waals surface area contributed by atoms with E-state index in [1.807, 2.05) is 0 Å². The zero-order valence-corrected chi connectivity index (χ0v) is 9.84. The summed E-state index contributed by atoms with van der Waals surface area (Å²) < 4.78 is 10.6. The Bertz CT molecular complexity index is 211. The van der Waals surface area contributed by atoms with Crippen molar-refractivity contribution >= 4 is 0 Å². The summed E-state index contributed by atoms with van der Waals surface area (Å²) >= 11 is 0. The SMILES string of the molecule is CCCCCC1OCCO1.c1cncnc1. The smallest absolute Gasteiger partial charge is 0.157 e. The molecule has 90 valence electrons. The van der Waals surface area contributed by atoms with Crippen molar-refractivity contribution in [2.75, 3.05) is 13.2 Å². The molecule has 2 heterocycles. The van der Waals surface area contributed by atoms with Crippen LogP contribution in [-0.4, -0.2) is 29.5 Å². The van der Waals surface area contributed by atoms with Crippen molar-refractivity contribution in [3.8, 4) is 0 Å². The standard InChI is InChI=1S/C8H16O2.C4H4N2/c1-2-3-4-5-8-9-6-7-10-8;1-2-5-4-6-3-1/h8H,2-7H2,1H3;1-4H. The summed E-state index contributed by atoms with van der Waals surface area (Å²) in [5.41, 5.74) is 0. The number of rotatable bonds is 4. The Kier molecular flexibility index (Phi) is 7.55. The van der Waals surface area contributed by atoms with Crippen molar-refractivity contribution in [2.45, 2.75) is 38.9 Å². The maximum atomic E-state index is 5.28. The van der Waals surface area contributed by atoms with Crippen molar-refractivity contribution in [1.82, 2.24) is 9.97 Å². The summed E-state index contributed by atoms with van der Waals surface area (Å²) in [6, 6.07) is 1.78. The Morgan fingerprint density at radius 1 is 1.12 bits per heavy atom. The number of ether oxygens (including phenoxy) is 2. The Morgan fingerprint density at radius 2 is 1.81 bits per heavy atom. The summed E-state index contributed by atoms with van der Waals surface area (Å²) in [5.74, 6) is 0.